The molecule has 2 aromatic rings. The number of benzene rings is 2. The van der Waals surface area contributed by atoms with Crippen molar-refractivity contribution in [3.05, 3.63) is 59.7 Å². The molecule has 4 nitrogen and oxygen atoms in total. The fourth-order valence-corrected chi connectivity index (χ4v) is 2.90. The Bertz CT molecular complexity index is 697. The van der Waals surface area contributed by atoms with Gasteiger partial charge in [-0.1, -0.05) is 44.2 Å². The van der Waals surface area contributed by atoms with Gasteiger partial charge >= 0.3 is 0 Å². The largest absolute Gasteiger partial charge is 0.494 e. The van der Waals surface area contributed by atoms with E-state index in [9.17, 15) is 4.79 Å². The smallest absolute Gasteiger partial charge is 0.261 e. The number of ether oxygens (including phenoxy) is 2. The van der Waals surface area contributed by atoms with E-state index in [4.69, 9.17) is 9.47 Å². The zero-order valence-corrected chi connectivity index (χ0v) is 16.7. The van der Waals surface area contributed by atoms with Crippen LogP contribution in [0.15, 0.2) is 48.5 Å². The molecule has 0 fully saturated rings. The highest BCUT2D eigenvalue weighted by molar-refractivity contribution is 5.81. The summed E-state index contributed by atoms with van der Waals surface area (Å²) >= 11 is 0. The maximum absolute atomic E-state index is 12.4. The minimum absolute atomic E-state index is 0.0600. The molecule has 0 spiro atoms. The molecule has 146 valence electrons. The van der Waals surface area contributed by atoms with Crippen molar-refractivity contribution in [2.75, 3.05) is 13.2 Å². The van der Waals surface area contributed by atoms with Crippen LogP contribution in [0.3, 0.4) is 0 Å². The second-order valence-electron chi connectivity index (χ2n) is 6.45. The Kier molecular flexibility index (Phi) is 8.69. The Morgan fingerprint density at radius 1 is 1.04 bits per heavy atom. The van der Waals surface area contributed by atoms with Gasteiger partial charge in [0.25, 0.3) is 5.91 Å². The zero-order valence-electron chi connectivity index (χ0n) is 16.7. The van der Waals surface area contributed by atoms with Crippen LogP contribution in [0.1, 0.15) is 44.7 Å². The molecule has 0 bridgehead atoms. The van der Waals surface area contributed by atoms with Crippen molar-refractivity contribution in [1.29, 1.82) is 0 Å². The van der Waals surface area contributed by atoms with E-state index in [1.165, 1.54) is 11.1 Å². The van der Waals surface area contributed by atoms with E-state index in [0.717, 1.165) is 30.8 Å². The fourth-order valence-electron chi connectivity index (χ4n) is 2.90. The maximum atomic E-state index is 12.4. The molecule has 0 aliphatic rings. The van der Waals surface area contributed by atoms with Crippen molar-refractivity contribution < 1.29 is 14.3 Å². The fraction of sp³-hybridized carbons (Fsp3) is 0.435. The average Bonchev–Trinajstić information content (AvgIpc) is 2.71. The third-order valence-corrected chi connectivity index (χ3v) is 4.47. The van der Waals surface area contributed by atoms with Gasteiger partial charge in [0.15, 0.2) is 6.10 Å². The SMILES string of the molecule is CCOc1ccccc1CCCNC(=O)C(CC)Oc1ccc(CC)cc1. The van der Waals surface area contributed by atoms with Crippen LogP contribution >= 0.6 is 0 Å². The van der Waals surface area contributed by atoms with Crippen molar-refractivity contribution >= 4 is 5.91 Å². The number of amides is 1. The summed E-state index contributed by atoms with van der Waals surface area (Å²) < 4.78 is 11.5. The van der Waals surface area contributed by atoms with E-state index in [1.807, 2.05) is 56.3 Å². The standard InChI is InChI=1S/C23H31NO3/c1-4-18-13-15-20(16-14-18)27-21(5-2)23(25)24-17-9-11-19-10-7-8-12-22(19)26-6-3/h7-8,10,12-16,21H,4-6,9,11,17H2,1-3H3,(H,24,25). The molecule has 0 aliphatic heterocycles. The van der Waals surface area contributed by atoms with Gasteiger partial charge < -0.3 is 14.8 Å². The zero-order chi connectivity index (χ0) is 19.5. The molecule has 1 atom stereocenters. The van der Waals surface area contributed by atoms with Crippen LogP contribution in [-0.4, -0.2) is 25.2 Å². The molecule has 4 heteroatoms. The highest BCUT2D eigenvalue weighted by Crippen LogP contribution is 2.19. The molecular weight excluding hydrogens is 338 g/mol. The van der Waals surface area contributed by atoms with Crippen molar-refractivity contribution in [2.45, 2.75) is 52.6 Å². The first-order valence-corrected chi connectivity index (χ1v) is 9.91. The number of carbonyl (C=O) groups excluding carboxylic acids is 1. The Morgan fingerprint density at radius 2 is 1.78 bits per heavy atom. The van der Waals surface area contributed by atoms with E-state index in [-0.39, 0.29) is 5.91 Å². The molecule has 1 N–H and O–H groups in total. The predicted molar refractivity (Wildman–Crippen MR) is 109 cm³/mol. The minimum atomic E-state index is -0.465. The lowest BCUT2D eigenvalue weighted by Crippen LogP contribution is -2.38. The molecule has 2 aromatic carbocycles. The monoisotopic (exact) mass is 369 g/mol. The van der Waals surface area contributed by atoms with Gasteiger partial charge in [-0.15, -0.1) is 0 Å². The summed E-state index contributed by atoms with van der Waals surface area (Å²) in [5, 5.41) is 2.99. The van der Waals surface area contributed by atoms with Gasteiger partial charge in [0.05, 0.1) is 6.61 Å². The van der Waals surface area contributed by atoms with E-state index in [2.05, 4.69) is 18.3 Å². The molecule has 0 saturated carbocycles. The van der Waals surface area contributed by atoms with Gasteiger partial charge in [-0.25, -0.2) is 0 Å². The van der Waals surface area contributed by atoms with Crippen LogP contribution < -0.4 is 14.8 Å². The molecule has 27 heavy (non-hydrogen) atoms. The second kappa shape index (κ2) is 11.3. The number of hydrogen-bond acceptors (Lipinski definition) is 3. The molecular formula is C23H31NO3. The first-order chi connectivity index (χ1) is 13.2. The van der Waals surface area contributed by atoms with Gasteiger partial charge in [-0.2, -0.15) is 0 Å². The summed E-state index contributed by atoms with van der Waals surface area (Å²) in [4.78, 5) is 12.4. The van der Waals surface area contributed by atoms with Crippen molar-refractivity contribution in [1.82, 2.24) is 5.32 Å². The highest BCUT2D eigenvalue weighted by Gasteiger charge is 2.17. The Balaban J connectivity index is 1.79. The summed E-state index contributed by atoms with van der Waals surface area (Å²) in [5.74, 6) is 1.60. The highest BCUT2D eigenvalue weighted by atomic mass is 16.5. The summed E-state index contributed by atoms with van der Waals surface area (Å²) in [6.07, 6.45) is 2.89. The topological polar surface area (TPSA) is 47.6 Å². The van der Waals surface area contributed by atoms with Gasteiger partial charge in [-0.3, -0.25) is 4.79 Å². The first-order valence-electron chi connectivity index (χ1n) is 9.91. The minimum Gasteiger partial charge on any atom is -0.494 e. The van der Waals surface area contributed by atoms with Crippen LogP contribution in [0.5, 0.6) is 11.5 Å². The number of nitrogens with one attached hydrogen (secondary N) is 1. The Morgan fingerprint density at radius 3 is 2.44 bits per heavy atom. The molecule has 0 radical (unpaired) electrons. The van der Waals surface area contributed by atoms with E-state index >= 15 is 0 Å². The van der Waals surface area contributed by atoms with Crippen LogP contribution in [-0.2, 0) is 17.6 Å². The quantitative estimate of drug-likeness (QED) is 0.591. The number of rotatable bonds is 11. The van der Waals surface area contributed by atoms with E-state index < -0.39 is 6.10 Å². The molecule has 0 aliphatic carbocycles. The van der Waals surface area contributed by atoms with Crippen LogP contribution in [0.2, 0.25) is 0 Å². The number of aryl methyl sites for hydroxylation is 2. The van der Waals surface area contributed by atoms with Gasteiger partial charge in [0, 0.05) is 6.54 Å². The number of carbonyl (C=O) groups is 1. The first kappa shape index (κ1) is 20.8. The van der Waals surface area contributed by atoms with Crippen molar-refractivity contribution in [3.63, 3.8) is 0 Å². The third-order valence-electron chi connectivity index (χ3n) is 4.47. The molecule has 1 unspecified atom stereocenters. The van der Waals surface area contributed by atoms with Gasteiger partial charge in [-0.05, 0) is 61.9 Å². The Labute approximate surface area is 162 Å². The lowest BCUT2D eigenvalue weighted by molar-refractivity contribution is -0.128. The van der Waals surface area contributed by atoms with E-state index in [0.29, 0.717) is 19.6 Å². The predicted octanol–water partition coefficient (Wildman–Crippen LogP) is 4.55. The van der Waals surface area contributed by atoms with E-state index in [1.54, 1.807) is 0 Å². The van der Waals surface area contributed by atoms with Crippen LogP contribution in [0.25, 0.3) is 0 Å². The molecule has 0 aromatic heterocycles. The normalized spacial score (nSPS) is 11.7. The summed E-state index contributed by atoms with van der Waals surface area (Å²) in [5.41, 5.74) is 2.43. The molecule has 1 amide bonds. The second-order valence-corrected chi connectivity index (χ2v) is 6.45. The molecule has 0 heterocycles. The van der Waals surface area contributed by atoms with Crippen molar-refractivity contribution in [2.24, 2.45) is 0 Å². The number of para-hydroxylation sites is 1. The lowest BCUT2D eigenvalue weighted by atomic mass is 10.1. The maximum Gasteiger partial charge on any atom is 0.261 e. The summed E-state index contributed by atoms with van der Waals surface area (Å²) in [6, 6.07) is 16.0. The third kappa shape index (κ3) is 6.63. The van der Waals surface area contributed by atoms with Crippen LogP contribution in [0.4, 0.5) is 0 Å². The van der Waals surface area contributed by atoms with Gasteiger partial charge in [0.1, 0.15) is 11.5 Å². The molecule has 2 rings (SSSR count). The number of hydrogen-bond donors (Lipinski definition) is 1. The summed E-state index contributed by atoms with van der Waals surface area (Å²) in [7, 11) is 0. The van der Waals surface area contributed by atoms with Crippen molar-refractivity contribution in [3.8, 4) is 11.5 Å². The Hall–Kier alpha value is -2.49. The average molecular weight is 370 g/mol. The molecule has 0 saturated heterocycles. The van der Waals surface area contributed by atoms with Gasteiger partial charge in [0.2, 0.25) is 0 Å². The van der Waals surface area contributed by atoms with Crippen LogP contribution in [0, 0.1) is 0 Å². The summed E-state index contributed by atoms with van der Waals surface area (Å²) in [6.45, 7) is 7.34. The lowest BCUT2D eigenvalue weighted by Gasteiger charge is -2.17.